The molecule has 218 valence electrons. The predicted octanol–water partition coefficient (Wildman–Crippen LogP) is 5.18. The van der Waals surface area contributed by atoms with E-state index in [4.69, 9.17) is 9.47 Å². The second-order valence-electron chi connectivity index (χ2n) is 11.4. The fourth-order valence-corrected chi connectivity index (χ4v) is 6.17. The third-order valence-electron chi connectivity index (χ3n) is 8.32. The number of rotatable bonds is 12. The SMILES string of the molecule is C=CC[C@@]1(COC)CC(=O)N([C@H](C)c2ccccc2)C1.COC[C@]1(CCO)CC(=O)N([C@H](C)c2ccccc2)C1. The van der Waals surface area contributed by atoms with Gasteiger partial charge in [0.1, 0.15) is 0 Å². The highest BCUT2D eigenvalue weighted by Gasteiger charge is 2.45. The van der Waals surface area contributed by atoms with Crippen molar-refractivity contribution in [3.05, 3.63) is 84.4 Å². The number of ether oxygens (including phenoxy) is 2. The van der Waals surface area contributed by atoms with Crippen molar-refractivity contribution in [3.8, 4) is 0 Å². The van der Waals surface area contributed by atoms with Crippen LogP contribution in [0.5, 0.6) is 0 Å². The van der Waals surface area contributed by atoms with Gasteiger partial charge >= 0.3 is 0 Å². The van der Waals surface area contributed by atoms with E-state index in [1.807, 2.05) is 64.4 Å². The van der Waals surface area contributed by atoms with E-state index in [9.17, 15) is 14.7 Å². The van der Waals surface area contributed by atoms with E-state index in [2.05, 4.69) is 32.6 Å². The first-order valence-corrected chi connectivity index (χ1v) is 14.1. The molecule has 0 aliphatic carbocycles. The maximum absolute atomic E-state index is 12.4. The Morgan fingerprint density at radius 3 is 1.68 bits per heavy atom. The van der Waals surface area contributed by atoms with Crippen molar-refractivity contribution in [2.75, 3.05) is 47.1 Å². The van der Waals surface area contributed by atoms with Gasteiger partial charge in [-0.3, -0.25) is 9.59 Å². The van der Waals surface area contributed by atoms with Gasteiger partial charge in [0, 0.05) is 57.6 Å². The van der Waals surface area contributed by atoms with Crippen LogP contribution in [0.2, 0.25) is 0 Å². The number of aliphatic hydroxyl groups is 1. The molecule has 2 fully saturated rings. The molecule has 4 atom stereocenters. The van der Waals surface area contributed by atoms with E-state index >= 15 is 0 Å². The Labute approximate surface area is 239 Å². The van der Waals surface area contributed by atoms with Crippen LogP contribution in [0.25, 0.3) is 0 Å². The van der Waals surface area contributed by atoms with E-state index in [0.29, 0.717) is 39.0 Å². The fourth-order valence-electron chi connectivity index (χ4n) is 6.17. The number of aliphatic hydroxyl groups excluding tert-OH is 1. The second kappa shape index (κ2) is 14.6. The average molecular weight is 551 g/mol. The van der Waals surface area contributed by atoms with Crippen LogP contribution in [0, 0.1) is 10.8 Å². The molecule has 0 radical (unpaired) electrons. The quantitative estimate of drug-likeness (QED) is 0.368. The van der Waals surface area contributed by atoms with Gasteiger partial charge in [0.2, 0.25) is 11.8 Å². The number of likely N-dealkylation sites (tertiary alicyclic amines) is 2. The maximum Gasteiger partial charge on any atom is 0.223 e. The molecule has 2 aliphatic rings. The monoisotopic (exact) mass is 550 g/mol. The van der Waals surface area contributed by atoms with E-state index in [-0.39, 0.29) is 41.3 Å². The van der Waals surface area contributed by atoms with Crippen LogP contribution in [0.15, 0.2) is 73.3 Å². The standard InChI is InChI=1S/C17H23NO2.C16H23NO3/c1-4-10-17(13-20-3)11-16(19)18(12-17)14(2)15-8-6-5-7-9-15;1-13(14-6-4-3-5-7-14)17-11-16(8-9-18,12-20-2)10-15(17)19/h4-9,14H,1,10-13H2,2-3H3;3-7,13,18H,8-12H2,1-2H3/t14-,17-;13-,16-/m11/s1. The number of benzene rings is 2. The molecule has 2 aromatic rings. The highest BCUT2D eigenvalue weighted by atomic mass is 16.5. The predicted molar refractivity (Wildman–Crippen MR) is 158 cm³/mol. The molecular formula is C33H46N2O5. The molecule has 2 heterocycles. The number of carbonyl (C=O) groups is 2. The molecule has 0 aromatic heterocycles. The summed E-state index contributed by atoms with van der Waals surface area (Å²) in [6.07, 6.45) is 4.31. The molecular weight excluding hydrogens is 504 g/mol. The van der Waals surface area contributed by atoms with Crippen LogP contribution >= 0.6 is 0 Å². The molecule has 40 heavy (non-hydrogen) atoms. The van der Waals surface area contributed by atoms with Crippen LogP contribution < -0.4 is 0 Å². The summed E-state index contributed by atoms with van der Waals surface area (Å²) in [6, 6.07) is 20.4. The lowest BCUT2D eigenvalue weighted by Crippen LogP contribution is -2.34. The van der Waals surface area contributed by atoms with Crippen molar-refractivity contribution in [1.82, 2.24) is 9.80 Å². The molecule has 4 rings (SSSR count). The Balaban J connectivity index is 0.000000220. The largest absolute Gasteiger partial charge is 0.396 e. The normalized spacial score (nSPS) is 24.0. The summed E-state index contributed by atoms with van der Waals surface area (Å²) < 4.78 is 10.6. The summed E-state index contributed by atoms with van der Waals surface area (Å²) in [6.45, 7) is 10.5. The average Bonchev–Trinajstić information content (AvgIpc) is 3.45. The zero-order chi connectivity index (χ0) is 29.2. The third-order valence-corrected chi connectivity index (χ3v) is 8.32. The molecule has 0 saturated carbocycles. The van der Waals surface area contributed by atoms with Gasteiger partial charge in [0.25, 0.3) is 0 Å². The van der Waals surface area contributed by atoms with Crippen molar-refractivity contribution in [2.24, 2.45) is 10.8 Å². The van der Waals surface area contributed by atoms with Crippen LogP contribution in [0.3, 0.4) is 0 Å². The van der Waals surface area contributed by atoms with Crippen LogP contribution in [-0.2, 0) is 19.1 Å². The maximum atomic E-state index is 12.4. The van der Waals surface area contributed by atoms with E-state index in [0.717, 1.165) is 18.5 Å². The third kappa shape index (κ3) is 7.59. The van der Waals surface area contributed by atoms with Gasteiger partial charge in [-0.25, -0.2) is 0 Å². The minimum Gasteiger partial charge on any atom is -0.396 e. The van der Waals surface area contributed by atoms with E-state index in [1.54, 1.807) is 14.2 Å². The second-order valence-corrected chi connectivity index (χ2v) is 11.4. The number of methoxy groups -OCH3 is 2. The number of carbonyl (C=O) groups excluding carboxylic acids is 2. The van der Waals surface area contributed by atoms with Gasteiger partial charge in [-0.1, -0.05) is 66.7 Å². The summed E-state index contributed by atoms with van der Waals surface area (Å²) in [5, 5.41) is 9.26. The van der Waals surface area contributed by atoms with Crippen molar-refractivity contribution >= 4 is 11.8 Å². The topological polar surface area (TPSA) is 79.3 Å². The highest BCUT2D eigenvalue weighted by Crippen LogP contribution is 2.40. The molecule has 0 spiro atoms. The first-order valence-electron chi connectivity index (χ1n) is 14.1. The van der Waals surface area contributed by atoms with Crippen molar-refractivity contribution in [1.29, 1.82) is 0 Å². The summed E-state index contributed by atoms with van der Waals surface area (Å²) in [4.78, 5) is 28.6. The number of allylic oxidation sites excluding steroid dienone is 1. The van der Waals surface area contributed by atoms with Crippen LogP contribution in [-0.4, -0.2) is 73.9 Å². The molecule has 0 bridgehead atoms. The lowest BCUT2D eigenvalue weighted by Gasteiger charge is -2.30. The van der Waals surface area contributed by atoms with Gasteiger partial charge in [-0.2, -0.15) is 0 Å². The van der Waals surface area contributed by atoms with Gasteiger partial charge in [-0.05, 0) is 37.8 Å². The van der Waals surface area contributed by atoms with Crippen molar-refractivity contribution in [2.45, 2.75) is 51.6 Å². The number of amides is 2. The molecule has 2 amide bonds. The van der Waals surface area contributed by atoms with Gasteiger partial charge in [0.15, 0.2) is 0 Å². The van der Waals surface area contributed by atoms with Crippen molar-refractivity contribution < 1.29 is 24.2 Å². The Morgan fingerprint density at radius 1 is 0.825 bits per heavy atom. The van der Waals surface area contributed by atoms with Gasteiger partial charge < -0.3 is 24.4 Å². The number of nitrogens with zero attached hydrogens (tertiary/aromatic N) is 2. The van der Waals surface area contributed by atoms with Crippen LogP contribution in [0.4, 0.5) is 0 Å². The highest BCUT2D eigenvalue weighted by molar-refractivity contribution is 5.80. The Hall–Kier alpha value is -3.00. The summed E-state index contributed by atoms with van der Waals surface area (Å²) in [5.74, 6) is 0.354. The van der Waals surface area contributed by atoms with E-state index in [1.165, 1.54) is 5.56 Å². The summed E-state index contributed by atoms with van der Waals surface area (Å²) in [5.41, 5.74) is 1.95. The van der Waals surface area contributed by atoms with Gasteiger partial charge in [0.05, 0.1) is 25.3 Å². The van der Waals surface area contributed by atoms with Gasteiger partial charge in [-0.15, -0.1) is 6.58 Å². The molecule has 7 nitrogen and oxygen atoms in total. The molecule has 1 N–H and O–H groups in total. The Kier molecular flexibility index (Phi) is 11.5. The Morgan fingerprint density at radius 2 is 1.25 bits per heavy atom. The first kappa shape index (κ1) is 31.5. The minimum absolute atomic E-state index is 0.0566. The first-order chi connectivity index (χ1) is 19.2. The summed E-state index contributed by atoms with van der Waals surface area (Å²) in [7, 11) is 3.34. The zero-order valence-electron chi connectivity index (χ0n) is 24.6. The summed E-state index contributed by atoms with van der Waals surface area (Å²) >= 11 is 0. The molecule has 7 heteroatoms. The smallest absolute Gasteiger partial charge is 0.223 e. The molecule has 2 saturated heterocycles. The Bertz CT molecular complexity index is 1090. The molecule has 0 unspecified atom stereocenters. The number of hydrogen-bond acceptors (Lipinski definition) is 5. The molecule has 2 aliphatic heterocycles. The zero-order valence-corrected chi connectivity index (χ0v) is 24.6. The lowest BCUT2D eigenvalue weighted by atomic mass is 9.84. The van der Waals surface area contributed by atoms with Crippen molar-refractivity contribution in [3.63, 3.8) is 0 Å². The fraction of sp³-hybridized carbons (Fsp3) is 0.515. The van der Waals surface area contributed by atoms with Crippen LogP contribution in [0.1, 0.15) is 62.7 Å². The number of hydrogen-bond donors (Lipinski definition) is 1. The lowest BCUT2D eigenvalue weighted by molar-refractivity contribution is -0.130. The van der Waals surface area contributed by atoms with E-state index < -0.39 is 0 Å². The minimum atomic E-state index is -0.246. The molecule has 2 aromatic carbocycles.